The van der Waals surface area contributed by atoms with Crippen LogP contribution in [0.1, 0.15) is 5.69 Å². The van der Waals surface area contributed by atoms with Crippen LogP contribution in [0, 0.1) is 5.41 Å². The van der Waals surface area contributed by atoms with Gasteiger partial charge in [-0.25, -0.2) is 4.98 Å². The highest BCUT2D eigenvalue weighted by Crippen LogP contribution is 2.19. The number of hydrogen-bond acceptors (Lipinski definition) is 4. The maximum atomic E-state index is 7.48. The van der Waals surface area contributed by atoms with E-state index in [1.807, 2.05) is 18.2 Å². The Morgan fingerprint density at radius 3 is 2.24 bits per heavy atom. The molecule has 108 valence electrons. The third-order valence-corrected chi connectivity index (χ3v) is 3.74. The van der Waals surface area contributed by atoms with E-state index in [1.165, 1.54) is 5.69 Å². The fourth-order valence-corrected chi connectivity index (χ4v) is 2.58. The summed E-state index contributed by atoms with van der Waals surface area (Å²) in [6, 6.07) is 16.1. The number of pyridine rings is 1. The molecular formula is C16H19N5. The molecule has 0 amide bonds. The van der Waals surface area contributed by atoms with E-state index in [1.54, 1.807) is 6.07 Å². The van der Waals surface area contributed by atoms with Gasteiger partial charge in [-0.15, -0.1) is 0 Å². The van der Waals surface area contributed by atoms with Crippen molar-refractivity contribution in [2.75, 3.05) is 36.0 Å². The summed E-state index contributed by atoms with van der Waals surface area (Å²) in [5.41, 5.74) is 7.31. The van der Waals surface area contributed by atoms with Crippen molar-refractivity contribution in [1.82, 2.24) is 4.98 Å². The number of rotatable bonds is 3. The smallest absolute Gasteiger partial charge is 0.141 e. The Kier molecular flexibility index (Phi) is 3.73. The van der Waals surface area contributed by atoms with Gasteiger partial charge in [0, 0.05) is 31.9 Å². The number of hydrogen-bond donors (Lipinski definition) is 2. The molecule has 3 rings (SSSR count). The molecule has 5 heteroatoms. The number of anilines is 2. The molecule has 0 atom stereocenters. The Hall–Kier alpha value is -2.56. The number of amidine groups is 1. The van der Waals surface area contributed by atoms with Gasteiger partial charge in [0.25, 0.3) is 0 Å². The van der Waals surface area contributed by atoms with Crippen molar-refractivity contribution < 1.29 is 0 Å². The van der Waals surface area contributed by atoms with Gasteiger partial charge in [0.15, 0.2) is 0 Å². The first-order valence-electron chi connectivity index (χ1n) is 7.10. The van der Waals surface area contributed by atoms with Crippen LogP contribution in [-0.2, 0) is 0 Å². The molecule has 3 N–H and O–H groups in total. The van der Waals surface area contributed by atoms with Crippen molar-refractivity contribution in [3.63, 3.8) is 0 Å². The van der Waals surface area contributed by atoms with Gasteiger partial charge in [0.2, 0.25) is 0 Å². The molecule has 1 aliphatic heterocycles. The molecule has 2 aromatic rings. The van der Waals surface area contributed by atoms with Crippen molar-refractivity contribution in [3.05, 3.63) is 54.2 Å². The standard InChI is InChI=1S/C16H19N5/c17-16(18)14-7-4-8-15(19-14)21-11-9-20(10-12-21)13-5-2-1-3-6-13/h1-8H,9-12H2,(H3,17,18). The molecular weight excluding hydrogens is 262 g/mol. The van der Waals surface area contributed by atoms with E-state index in [-0.39, 0.29) is 5.84 Å². The number of nitrogen functional groups attached to an aromatic ring is 1. The van der Waals surface area contributed by atoms with Gasteiger partial charge < -0.3 is 15.5 Å². The molecule has 5 nitrogen and oxygen atoms in total. The predicted octanol–water partition coefficient (Wildman–Crippen LogP) is 1.69. The maximum Gasteiger partial charge on any atom is 0.141 e. The minimum absolute atomic E-state index is 0.0137. The van der Waals surface area contributed by atoms with E-state index in [4.69, 9.17) is 11.1 Å². The normalized spacial score (nSPS) is 15.0. The van der Waals surface area contributed by atoms with E-state index in [0.29, 0.717) is 5.69 Å². The molecule has 1 aliphatic rings. The van der Waals surface area contributed by atoms with Crippen LogP contribution in [0.4, 0.5) is 11.5 Å². The SMILES string of the molecule is N=C(N)c1cccc(N2CCN(c3ccccc3)CC2)n1. The lowest BCUT2D eigenvalue weighted by Gasteiger charge is -2.36. The highest BCUT2D eigenvalue weighted by atomic mass is 15.3. The second-order valence-electron chi connectivity index (χ2n) is 5.10. The minimum Gasteiger partial charge on any atom is -0.382 e. The highest BCUT2D eigenvalue weighted by Gasteiger charge is 2.18. The van der Waals surface area contributed by atoms with Crippen LogP contribution in [0.3, 0.4) is 0 Å². The van der Waals surface area contributed by atoms with Gasteiger partial charge in [0.1, 0.15) is 17.3 Å². The van der Waals surface area contributed by atoms with Crippen LogP contribution >= 0.6 is 0 Å². The third-order valence-electron chi connectivity index (χ3n) is 3.74. The van der Waals surface area contributed by atoms with E-state index in [9.17, 15) is 0 Å². The van der Waals surface area contributed by atoms with Crippen molar-refractivity contribution in [2.45, 2.75) is 0 Å². The van der Waals surface area contributed by atoms with Crippen LogP contribution in [-0.4, -0.2) is 37.0 Å². The zero-order chi connectivity index (χ0) is 14.7. The monoisotopic (exact) mass is 281 g/mol. The zero-order valence-corrected chi connectivity index (χ0v) is 11.9. The first-order valence-corrected chi connectivity index (χ1v) is 7.10. The third kappa shape index (κ3) is 2.97. The molecule has 2 heterocycles. The van der Waals surface area contributed by atoms with Gasteiger partial charge in [-0.1, -0.05) is 24.3 Å². The number of para-hydroxylation sites is 1. The minimum atomic E-state index is 0.0137. The summed E-state index contributed by atoms with van der Waals surface area (Å²) in [5, 5.41) is 7.48. The van der Waals surface area contributed by atoms with Crippen LogP contribution in [0.2, 0.25) is 0 Å². The molecule has 1 fully saturated rings. The second-order valence-corrected chi connectivity index (χ2v) is 5.10. The van der Waals surface area contributed by atoms with Gasteiger partial charge >= 0.3 is 0 Å². The summed E-state index contributed by atoms with van der Waals surface area (Å²) < 4.78 is 0. The van der Waals surface area contributed by atoms with E-state index >= 15 is 0 Å². The number of nitrogens with two attached hydrogens (primary N) is 1. The van der Waals surface area contributed by atoms with Gasteiger partial charge in [-0.05, 0) is 24.3 Å². The molecule has 0 aliphatic carbocycles. The van der Waals surface area contributed by atoms with Gasteiger partial charge in [-0.3, -0.25) is 5.41 Å². The lowest BCUT2D eigenvalue weighted by atomic mass is 10.2. The number of nitrogens with one attached hydrogen (secondary N) is 1. The van der Waals surface area contributed by atoms with Gasteiger partial charge in [-0.2, -0.15) is 0 Å². The lowest BCUT2D eigenvalue weighted by molar-refractivity contribution is 0.647. The van der Waals surface area contributed by atoms with Crippen LogP contribution in [0.25, 0.3) is 0 Å². The van der Waals surface area contributed by atoms with Gasteiger partial charge in [0.05, 0.1) is 0 Å². The van der Waals surface area contributed by atoms with Crippen LogP contribution < -0.4 is 15.5 Å². The Balaban J connectivity index is 1.68. The molecule has 0 spiro atoms. The van der Waals surface area contributed by atoms with E-state index < -0.39 is 0 Å². The van der Waals surface area contributed by atoms with Crippen molar-refractivity contribution in [1.29, 1.82) is 5.41 Å². The quantitative estimate of drug-likeness (QED) is 0.663. The maximum absolute atomic E-state index is 7.48. The average molecular weight is 281 g/mol. The highest BCUT2D eigenvalue weighted by molar-refractivity contribution is 5.93. The first-order chi connectivity index (χ1) is 10.2. The Morgan fingerprint density at radius 2 is 1.57 bits per heavy atom. The topological polar surface area (TPSA) is 69.2 Å². The van der Waals surface area contributed by atoms with Crippen molar-refractivity contribution in [3.8, 4) is 0 Å². The molecule has 1 saturated heterocycles. The Bertz CT molecular complexity index is 618. The average Bonchev–Trinajstić information content (AvgIpc) is 2.56. The second kappa shape index (κ2) is 5.83. The van der Waals surface area contributed by atoms with E-state index in [0.717, 1.165) is 32.0 Å². The number of benzene rings is 1. The lowest BCUT2D eigenvalue weighted by Crippen LogP contribution is -2.46. The number of aromatic nitrogens is 1. The summed E-state index contributed by atoms with van der Waals surface area (Å²) in [6.45, 7) is 3.78. The van der Waals surface area contributed by atoms with Crippen LogP contribution in [0.15, 0.2) is 48.5 Å². The predicted molar refractivity (Wildman–Crippen MR) is 86.1 cm³/mol. The molecule has 0 bridgehead atoms. The van der Waals surface area contributed by atoms with Crippen molar-refractivity contribution in [2.24, 2.45) is 5.73 Å². The molecule has 0 saturated carbocycles. The largest absolute Gasteiger partial charge is 0.382 e. The molecule has 1 aromatic carbocycles. The molecule has 0 unspecified atom stereocenters. The zero-order valence-electron chi connectivity index (χ0n) is 11.9. The fourth-order valence-electron chi connectivity index (χ4n) is 2.58. The summed E-state index contributed by atoms with van der Waals surface area (Å²) in [5.74, 6) is 0.912. The summed E-state index contributed by atoms with van der Waals surface area (Å²) in [6.07, 6.45) is 0. The summed E-state index contributed by atoms with van der Waals surface area (Å²) in [4.78, 5) is 9.07. The van der Waals surface area contributed by atoms with Crippen molar-refractivity contribution >= 4 is 17.3 Å². The summed E-state index contributed by atoms with van der Waals surface area (Å²) in [7, 11) is 0. The molecule has 21 heavy (non-hydrogen) atoms. The Morgan fingerprint density at radius 1 is 0.905 bits per heavy atom. The Labute approximate surface area is 124 Å². The number of nitrogens with zero attached hydrogens (tertiary/aromatic N) is 3. The number of piperazine rings is 1. The molecule has 1 aromatic heterocycles. The van der Waals surface area contributed by atoms with E-state index in [2.05, 4.69) is 39.0 Å². The first kappa shape index (κ1) is 13.4. The fraction of sp³-hybridized carbons (Fsp3) is 0.250. The molecule has 0 radical (unpaired) electrons. The summed E-state index contributed by atoms with van der Waals surface area (Å²) >= 11 is 0. The van der Waals surface area contributed by atoms with Crippen LogP contribution in [0.5, 0.6) is 0 Å².